The van der Waals surface area contributed by atoms with Crippen LogP contribution in [-0.4, -0.2) is 6.36 Å². The van der Waals surface area contributed by atoms with Gasteiger partial charge in [0.1, 0.15) is 5.75 Å². The molecule has 0 aliphatic heterocycles. The van der Waals surface area contributed by atoms with E-state index in [1.165, 1.54) is 24.3 Å². The molecule has 21 heavy (non-hydrogen) atoms. The van der Waals surface area contributed by atoms with Crippen LogP contribution in [-0.2, 0) is 0 Å². The van der Waals surface area contributed by atoms with Crippen LogP contribution in [0.2, 0.25) is 0 Å². The van der Waals surface area contributed by atoms with Gasteiger partial charge in [-0.3, -0.25) is 0 Å². The van der Waals surface area contributed by atoms with E-state index >= 15 is 0 Å². The molecule has 0 aromatic heterocycles. The lowest BCUT2D eigenvalue weighted by atomic mass is 9.98. The molecule has 1 unspecified atom stereocenters. The number of ether oxygens (including phenoxy) is 1. The Morgan fingerprint density at radius 2 is 1.62 bits per heavy atom. The minimum atomic E-state index is -4.87. The topological polar surface area (TPSA) is 35.2 Å². The second-order valence-electron chi connectivity index (χ2n) is 4.24. The predicted molar refractivity (Wildman–Crippen MR) is 65.5 cm³/mol. The molecule has 0 saturated carbocycles. The molecule has 2 aromatic carbocycles. The van der Waals surface area contributed by atoms with E-state index in [4.69, 9.17) is 5.73 Å². The lowest BCUT2D eigenvalue weighted by molar-refractivity contribution is -0.274. The third-order valence-electron chi connectivity index (χ3n) is 2.78. The third-order valence-corrected chi connectivity index (χ3v) is 2.78. The summed E-state index contributed by atoms with van der Waals surface area (Å²) in [7, 11) is 0. The van der Waals surface area contributed by atoms with Crippen molar-refractivity contribution in [2.45, 2.75) is 12.4 Å². The monoisotopic (exact) mass is 303 g/mol. The molecule has 0 spiro atoms. The van der Waals surface area contributed by atoms with Crippen molar-refractivity contribution in [1.29, 1.82) is 0 Å². The SMILES string of the molecule is NC(c1ccc(F)c(F)c1)c1ccccc1OC(F)(F)F. The molecule has 0 aliphatic rings. The van der Waals surface area contributed by atoms with Gasteiger partial charge in [0.15, 0.2) is 11.6 Å². The van der Waals surface area contributed by atoms with E-state index in [0.29, 0.717) is 0 Å². The van der Waals surface area contributed by atoms with E-state index in [1.807, 2.05) is 0 Å². The summed E-state index contributed by atoms with van der Waals surface area (Å²) < 4.78 is 66.9. The fourth-order valence-electron chi connectivity index (χ4n) is 1.84. The van der Waals surface area contributed by atoms with Gasteiger partial charge in [-0.15, -0.1) is 13.2 Å². The van der Waals surface area contributed by atoms with Crippen LogP contribution in [0.25, 0.3) is 0 Å². The van der Waals surface area contributed by atoms with E-state index in [9.17, 15) is 22.0 Å². The smallest absolute Gasteiger partial charge is 0.405 e. The average Bonchev–Trinajstić information content (AvgIpc) is 2.40. The zero-order valence-electron chi connectivity index (χ0n) is 10.5. The summed E-state index contributed by atoms with van der Waals surface area (Å²) in [6.07, 6.45) is -4.87. The second-order valence-corrected chi connectivity index (χ2v) is 4.24. The maximum Gasteiger partial charge on any atom is 0.573 e. The molecule has 7 heteroatoms. The zero-order chi connectivity index (χ0) is 15.6. The van der Waals surface area contributed by atoms with Gasteiger partial charge in [-0.25, -0.2) is 8.78 Å². The van der Waals surface area contributed by atoms with Gasteiger partial charge in [-0.2, -0.15) is 0 Å². The predicted octanol–water partition coefficient (Wildman–Crippen LogP) is 3.91. The van der Waals surface area contributed by atoms with Crippen molar-refractivity contribution in [3.63, 3.8) is 0 Å². The van der Waals surface area contributed by atoms with Gasteiger partial charge >= 0.3 is 6.36 Å². The zero-order valence-corrected chi connectivity index (χ0v) is 10.5. The van der Waals surface area contributed by atoms with Gasteiger partial charge in [0.2, 0.25) is 0 Å². The number of rotatable bonds is 3. The van der Waals surface area contributed by atoms with Gasteiger partial charge in [0, 0.05) is 5.56 Å². The minimum absolute atomic E-state index is 0.0147. The third kappa shape index (κ3) is 3.69. The quantitative estimate of drug-likeness (QED) is 0.873. The number of benzene rings is 2. The fourth-order valence-corrected chi connectivity index (χ4v) is 1.84. The molecular formula is C14H10F5NO. The summed E-state index contributed by atoms with van der Waals surface area (Å²) in [5, 5.41) is 0. The highest BCUT2D eigenvalue weighted by atomic mass is 19.4. The van der Waals surface area contributed by atoms with E-state index in [-0.39, 0.29) is 11.1 Å². The number of hydrogen-bond acceptors (Lipinski definition) is 2. The van der Waals surface area contributed by atoms with Crippen LogP contribution in [0.5, 0.6) is 5.75 Å². The van der Waals surface area contributed by atoms with Gasteiger partial charge in [-0.05, 0) is 23.8 Å². The standard InChI is InChI=1S/C14H10F5NO/c15-10-6-5-8(7-11(10)16)13(20)9-3-1-2-4-12(9)21-14(17,18)19/h1-7,13H,20H2. The number of nitrogens with two attached hydrogens (primary N) is 1. The summed E-state index contributed by atoms with van der Waals surface area (Å²) in [5.74, 6) is -2.68. The van der Waals surface area contributed by atoms with Crippen molar-refractivity contribution in [1.82, 2.24) is 0 Å². The van der Waals surface area contributed by atoms with Crippen LogP contribution in [0.4, 0.5) is 22.0 Å². The van der Waals surface area contributed by atoms with Gasteiger partial charge in [-0.1, -0.05) is 24.3 Å². The number of hydrogen-bond donors (Lipinski definition) is 1. The van der Waals surface area contributed by atoms with Crippen LogP contribution >= 0.6 is 0 Å². The van der Waals surface area contributed by atoms with Crippen molar-refractivity contribution < 1.29 is 26.7 Å². The Bertz CT molecular complexity index is 642. The first-order chi connectivity index (χ1) is 9.78. The Balaban J connectivity index is 2.38. The lowest BCUT2D eigenvalue weighted by Gasteiger charge is -2.18. The highest BCUT2D eigenvalue weighted by Crippen LogP contribution is 2.32. The Morgan fingerprint density at radius 3 is 2.24 bits per heavy atom. The van der Waals surface area contributed by atoms with Crippen LogP contribution in [0.1, 0.15) is 17.2 Å². The van der Waals surface area contributed by atoms with Crippen molar-refractivity contribution >= 4 is 0 Å². The largest absolute Gasteiger partial charge is 0.573 e. The maximum atomic E-state index is 13.2. The van der Waals surface area contributed by atoms with E-state index < -0.39 is 29.8 Å². The summed E-state index contributed by atoms with van der Waals surface area (Å²) in [5.41, 5.74) is 5.96. The first-order valence-electron chi connectivity index (χ1n) is 5.83. The Hall–Kier alpha value is -2.15. The molecule has 2 aromatic rings. The van der Waals surface area contributed by atoms with Gasteiger partial charge in [0.05, 0.1) is 6.04 Å². The molecule has 0 heterocycles. The van der Waals surface area contributed by atoms with Crippen molar-refractivity contribution in [3.05, 3.63) is 65.2 Å². The summed E-state index contributed by atoms with van der Waals surface area (Å²) in [4.78, 5) is 0. The van der Waals surface area contributed by atoms with Crippen molar-refractivity contribution in [2.75, 3.05) is 0 Å². The fraction of sp³-hybridized carbons (Fsp3) is 0.143. The minimum Gasteiger partial charge on any atom is -0.405 e. The van der Waals surface area contributed by atoms with Crippen molar-refractivity contribution in [2.24, 2.45) is 5.73 Å². The molecule has 2 rings (SSSR count). The Morgan fingerprint density at radius 1 is 0.952 bits per heavy atom. The molecule has 1 atom stereocenters. The van der Waals surface area contributed by atoms with Crippen LogP contribution in [0, 0.1) is 11.6 Å². The van der Waals surface area contributed by atoms with E-state index in [1.54, 1.807) is 0 Å². The highest BCUT2D eigenvalue weighted by molar-refractivity contribution is 5.41. The summed E-state index contributed by atoms with van der Waals surface area (Å²) in [6.45, 7) is 0. The first-order valence-corrected chi connectivity index (χ1v) is 5.83. The Kier molecular flexibility index (Phi) is 4.13. The molecule has 112 valence electrons. The van der Waals surface area contributed by atoms with Crippen LogP contribution in [0.15, 0.2) is 42.5 Å². The first kappa shape index (κ1) is 15.2. The molecule has 0 aliphatic carbocycles. The maximum absolute atomic E-state index is 13.2. The molecule has 2 N–H and O–H groups in total. The number of para-hydroxylation sites is 1. The van der Waals surface area contributed by atoms with Gasteiger partial charge in [0.25, 0.3) is 0 Å². The number of alkyl halides is 3. The molecule has 0 fully saturated rings. The Labute approximate surface area is 116 Å². The normalized spacial score (nSPS) is 13.0. The van der Waals surface area contributed by atoms with Crippen LogP contribution < -0.4 is 10.5 Å². The van der Waals surface area contributed by atoms with E-state index in [2.05, 4.69) is 4.74 Å². The molecule has 2 nitrogen and oxygen atoms in total. The molecule has 0 amide bonds. The summed E-state index contributed by atoms with van der Waals surface area (Å²) >= 11 is 0. The molecule has 0 saturated heterocycles. The molecule has 0 radical (unpaired) electrons. The molecule has 0 bridgehead atoms. The molecular weight excluding hydrogens is 293 g/mol. The lowest BCUT2D eigenvalue weighted by Crippen LogP contribution is -2.20. The van der Waals surface area contributed by atoms with Gasteiger partial charge < -0.3 is 10.5 Å². The highest BCUT2D eigenvalue weighted by Gasteiger charge is 2.32. The average molecular weight is 303 g/mol. The second kappa shape index (κ2) is 5.69. The van der Waals surface area contributed by atoms with Crippen LogP contribution in [0.3, 0.4) is 0 Å². The number of halogens is 5. The summed E-state index contributed by atoms with van der Waals surface area (Å²) in [6, 6.07) is 7.06. The van der Waals surface area contributed by atoms with E-state index in [0.717, 1.165) is 18.2 Å². The van der Waals surface area contributed by atoms with Crippen molar-refractivity contribution in [3.8, 4) is 5.75 Å².